The Morgan fingerprint density at radius 2 is 2.06 bits per heavy atom. The van der Waals surface area contributed by atoms with Crippen molar-refractivity contribution in [2.24, 2.45) is 0 Å². The first-order chi connectivity index (χ1) is 15.0. The fraction of sp³-hybridized carbons (Fsp3) is 0.333. The Morgan fingerprint density at radius 1 is 1.32 bits per heavy atom. The SMILES string of the molecule is Cc1nc(C(=O)N2CCOCC2CNCc2ncc(Br)cn2)c(-c2ccc(F)cc2)s1. The summed E-state index contributed by atoms with van der Waals surface area (Å²) in [7, 11) is 0. The molecule has 31 heavy (non-hydrogen) atoms. The molecular formula is C21H21BrFN5O2S. The van der Waals surface area contributed by atoms with E-state index in [9.17, 15) is 9.18 Å². The molecule has 1 aliphatic heterocycles. The Balaban J connectivity index is 1.48. The summed E-state index contributed by atoms with van der Waals surface area (Å²) in [5, 5.41) is 4.10. The minimum Gasteiger partial charge on any atom is -0.377 e. The molecule has 1 atom stereocenters. The van der Waals surface area contributed by atoms with E-state index in [-0.39, 0.29) is 17.8 Å². The summed E-state index contributed by atoms with van der Waals surface area (Å²) in [5.74, 6) is 0.220. The second-order valence-electron chi connectivity index (χ2n) is 7.09. The number of morpholine rings is 1. The molecule has 162 valence electrons. The van der Waals surface area contributed by atoms with Gasteiger partial charge in [0.1, 0.15) is 17.3 Å². The average Bonchev–Trinajstić information content (AvgIpc) is 3.17. The standard InChI is InChI=1S/C21H21BrFN5O2S/c1-13-27-19(20(31-13)14-2-4-16(23)5-3-14)21(29)28-6-7-30-12-17(28)10-24-11-18-25-8-15(22)9-26-18/h2-5,8-9,17,24H,6-7,10-12H2,1H3. The first-order valence-electron chi connectivity index (χ1n) is 9.80. The Kier molecular flexibility index (Phi) is 7.01. The van der Waals surface area contributed by atoms with E-state index < -0.39 is 0 Å². The van der Waals surface area contributed by atoms with Crippen LogP contribution in [0.15, 0.2) is 41.1 Å². The second-order valence-corrected chi connectivity index (χ2v) is 9.21. The molecule has 0 spiro atoms. The summed E-state index contributed by atoms with van der Waals surface area (Å²) in [6, 6.07) is 6.00. The maximum atomic E-state index is 13.4. The van der Waals surface area contributed by atoms with Gasteiger partial charge in [0.25, 0.3) is 5.91 Å². The van der Waals surface area contributed by atoms with E-state index in [1.807, 2.05) is 6.92 Å². The van der Waals surface area contributed by atoms with E-state index in [1.54, 1.807) is 29.4 Å². The first kappa shape index (κ1) is 21.9. The van der Waals surface area contributed by atoms with E-state index in [1.165, 1.54) is 23.5 Å². The molecule has 0 aliphatic carbocycles. The minimum atomic E-state index is -0.313. The molecule has 1 N–H and O–H groups in total. The minimum absolute atomic E-state index is 0.139. The summed E-state index contributed by atoms with van der Waals surface area (Å²) in [6.45, 7) is 4.30. The number of ether oxygens (including phenoxy) is 1. The fourth-order valence-corrected chi connectivity index (χ4v) is 4.50. The third kappa shape index (κ3) is 5.32. The molecule has 1 saturated heterocycles. The maximum absolute atomic E-state index is 13.4. The zero-order valence-corrected chi connectivity index (χ0v) is 19.2. The zero-order valence-electron chi connectivity index (χ0n) is 16.8. The predicted molar refractivity (Wildman–Crippen MR) is 119 cm³/mol. The molecule has 1 amide bonds. The Hall–Kier alpha value is -2.27. The third-order valence-corrected chi connectivity index (χ3v) is 6.30. The van der Waals surface area contributed by atoms with Gasteiger partial charge in [0, 0.05) is 25.5 Å². The predicted octanol–water partition coefficient (Wildman–Crippen LogP) is 3.44. The number of thiazole rings is 1. The van der Waals surface area contributed by atoms with Crippen LogP contribution in [0.4, 0.5) is 4.39 Å². The zero-order chi connectivity index (χ0) is 21.8. The maximum Gasteiger partial charge on any atom is 0.274 e. The largest absolute Gasteiger partial charge is 0.377 e. The number of rotatable bonds is 6. The van der Waals surface area contributed by atoms with Gasteiger partial charge in [-0.1, -0.05) is 12.1 Å². The van der Waals surface area contributed by atoms with Gasteiger partial charge in [0.2, 0.25) is 0 Å². The van der Waals surface area contributed by atoms with Crippen molar-refractivity contribution >= 4 is 33.2 Å². The monoisotopic (exact) mass is 505 g/mol. The van der Waals surface area contributed by atoms with Gasteiger partial charge in [-0.05, 0) is 40.5 Å². The van der Waals surface area contributed by atoms with Gasteiger partial charge < -0.3 is 15.0 Å². The van der Waals surface area contributed by atoms with Crippen LogP contribution < -0.4 is 5.32 Å². The second kappa shape index (κ2) is 9.90. The summed E-state index contributed by atoms with van der Waals surface area (Å²) < 4.78 is 19.8. The van der Waals surface area contributed by atoms with E-state index in [4.69, 9.17) is 4.74 Å². The van der Waals surface area contributed by atoms with Gasteiger partial charge in [-0.25, -0.2) is 19.3 Å². The number of benzene rings is 1. The highest BCUT2D eigenvalue weighted by molar-refractivity contribution is 9.10. The number of halogens is 2. The lowest BCUT2D eigenvalue weighted by molar-refractivity contribution is -0.00181. The molecule has 3 aromatic rings. The molecule has 10 heteroatoms. The number of carbonyl (C=O) groups is 1. The van der Waals surface area contributed by atoms with Gasteiger partial charge in [-0.15, -0.1) is 11.3 Å². The summed E-state index contributed by atoms with van der Waals surface area (Å²) in [6.07, 6.45) is 3.40. The van der Waals surface area contributed by atoms with Gasteiger partial charge >= 0.3 is 0 Å². The lowest BCUT2D eigenvalue weighted by Gasteiger charge is -2.35. The number of aromatic nitrogens is 3. The van der Waals surface area contributed by atoms with Gasteiger partial charge in [-0.2, -0.15) is 0 Å². The van der Waals surface area contributed by atoms with Crippen LogP contribution in [-0.2, 0) is 11.3 Å². The van der Waals surface area contributed by atoms with Crippen LogP contribution in [0.25, 0.3) is 10.4 Å². The summed E-state index contributed by atoms with van der Waals surface area (Å²) in [5.41, 5.74) is 1.18. The van der Waals surface area contributed by atoms with Crippen molar-refractivity contribution in [1.82, 2.24) is 25.2 Å². The Labute approximate surface area is 191 Å². The molecular weight excluding hydrogens is 485 g/mol. The first-order valence-corrected chi connectivity index (χ1v) is 11.4. The Morgan fingerprint density at radius 3 is 2.81 bits per heavy atom. The number of carbonyl (C=O) groups excluding carboxylic acids is 1. The van der Waals surface area contributed by atoms with Crippen molar-refractivity contribution in [2.45, 2.75) is 19.5 Å². The van der Waals surface area contributed by atoms with Crippen LogP contribution in [0.1, 0.15) is 21.3 Å². The van der Waals surface area contributed by atoms with Crippen molar-refractivity contribution in [2.75, 3.05) is 26.3 Å². The van der Waals surface area contributed by atoms with Crippen LogP contribution in [0.2, 0.25) is 0 Å². The highest BCUT2D eigenvalue weighted by atomic mass is 79.9. The summed E-state index contributed by atoms with van der Waals surface area (Å²) >= 11 is 4.76. The van der Waals surface area contributed by atoms with E-state index >= 15 is 0 Å². The molecule has 3 heterocycles. The van der Waals surface area contributed by atoms with Gasteiger partial charge in [0.15, 0.2) is 0 Å². The van der Waals surface area contributed by atoms with Crippen molar-refractivity contribution in [3.63, 3.8) is 0 Å². The normalized spacial score (nSPS) is 16.5. The van der Waals surface area contributed by atoms with Gasteiger partial charge in [-0.3, -0.25) is 4.79 Å². The van der Waals surface area contributed by atoms with Crippen LogP contribution in [0.5, 0.6) is 0 Å². The third-order valence-electron chi connectivity index (χ3n) is 4.87. The number of hydrogen-bond donors (Lipinski definition) is 1. The van der Waals surface area contributed by atoms with Gasteiger partial charge in [0.05, 0.1) is 40.2 Å². The molecule has 1 fully saturated rings. The number of hydrogen-bond acceptors (Lipinski definition) is 7. The molecule has 4 rings (SSSR count). The molecule has 2 aromatic heterocycles. The van der Waals surface area contributed by atoms with Crippen LogP contribution in [0, 0.1) is 12.7 Å². The Bertz CT molecular complexity index is 1040. The lowest BCUT2D eigenvalue weighted by atomic mass is 10.1. The van der Waals surface area contributed by atoms with Crippen molar-refractivity contribution < 1.29 is 13.9 Å². The van der Waals surface area contributed by atoms with Crippen LogP contribution in [0.3, 0.4) is 0 Å². The number of aryl methyl sites for hydroxylation is 1. The average molecular weight is 506 g/mol. The van der Waals surface area contributed by atoms with E-state index in [0.717, 1.165) is 19.9 Å². The highest BCUT2D eigenvalue weighted by Crippen LogP contribution is 2.31. The van der Waals surface area contributed by atoms with Crippen molar-refractivity contribution in [3.05, 3.63) is 63.5 Å². The molecule has 7 nitrogen and oxygen atoms in total. The molecule has 1 aliphatic rings. The molecule has 1 unspecified atom stereocenters. The number of nitrogens with one attached hydrogen (secondary N) is 1. The number of amides is 1. The molecule has 0 bridgehead atoms. The van der Waals surface area contributed by atoms with Crippen molar-refractivity contribution in [1.29, 1.82) is 0 Å². The van der Waals surface area contributed by atoms with Crippen LogP contribution in [-0.4, -0.2) is 58.1 Å². The summed E-state index contributed by atoms with van der Waals surface area (Å²) in [4.78, 5) is 29.0. The quantitative estimate of drug-likeness (QED) is 0.552. The van der Waals surface area contributed by atoms with E-state index in [2.05, 4.69) is 36.2 Å². The van der Waals surface area contributed by atoms with Crippen LogP contribution >= 0.6 is 27.3 Å². The van der Waals surface area contributed by atoms with E-state index in [0.29, 0.717) is 44.4 Å². The molecule has 0 radical (unpaired) electrons. The number of nitrogens with zero attached hydrogens (tertiary/aromatic N) is 4. The molecule has 1 aromatic carbocycles. The highest BCUT2D eigenvalue weighted by Gasteiger charge is 2.31. The fourth-order valence-electron chi connectivity index (χ4n) is 3.38. The smallest absolute Gasteiger partial charge is 0.274 e. The topological polar surface area (TPSA) is 80.2 Å². The van der Waals surface area contributed by atoms with Crippen molar-refractivity contribution in [3.8, 4) is 10.4 Å². The lowest BCUT2D eigenvalue weighted by Crippen LogP contribution is -2.53. The molecule has 0 saturated carbocycles.